The first-order chi connectivity index (χ1) is 9.79. The molecule has 5 nitrogen and oxygen atoms in total. The molecule has 0 aliphatic rings. The molecule has 0 bridgehead atoms. The summed E-state index contributed by atoms with van der Waals surface area (Å²) >= 11 is 0. The molecule has 0 aliphatic heterocycles. The molecule has 114 valence electrons. The molecule has 2 rings (SSSR count). The van der Waals surface area contributed by atoms with Gasteiger partial charge in [0.2, 0.25) is 5.82 Å². The minimum Gasteiger partial charge on any atom is -0.464 e. The molecule has 0 saturated heterocycles. The zero-order valence-electron chi connectivity index (χ0n) is 11.8. The first kappa shape index (κ1) is 15.1. The molecule has 2 aromatic rings. The maximum absolute atomic E-state index is 12.8. The number of rotatable bonds is 4. The van der Waals surface area contributed by atoms with Crippen LogP contribution < -0.4 is 10.2 Å². The first-order valence-electron chi connectivity index (χ1n) is 6.20. The van der Waals surface area contributed by atoms with Crippen LogP contribution in [0.25, 0.3) is 0 Å². The van der Waals surface area contributed by atoms with Crippen molar-refractivity contribution >= 4 is 11.6 Å². The van der Waals surface area contributed by atoms with Crippen LogP contribution in [0.15, 0.2) is 22.6 Å². The molecule has 21 heavy (non-hydrogen) atoms. The van der Waals surface area contributed by atoms with Crippen molar-refractivity contribution < 1.29 is 17.6 Å². The summed E-state index contributed by atoms with van der Waals surface area (Å²) in [6.07, 6.45) is -4.59. The Hall–Kier alpha value is -2.25. The Morgan fingerprint density at radius 1 is 1.29 bits per heavy atom. The van der Waals surface area contributed by atoms with Crippen molar-refractivity contribution in [1.29, 1.82) is 0 Å². The highest BCUT2D eigenvalue weighted by Gasteiger charge is 2.35. The lowest BCUT2D eigenvalue weighted by molar-refractivity contribution is -0.144. The average molecular weight is 300 g/mol. The Balaban J connectivity index is 2.29. The van der Waals surface area contributed by atoms with Crippen LogP contribution in [0, 0.1) is 6.92 Å². The van der Waals surface area contributed by atoms with Crippen molar-refractivity contribution in [3.8, 4) is 0 Å². The number of nitrogens with zero attached hydrogens (tertiary/aromatic N) is 3. The molecule has 0 atom stereocenters. The van der Waals surface area contributed by atoms with E-state index in [0.717, 1.165) is 5.76 Å². The highest BCUT2D eigenvalue weighted by atomic mass is 19.4. The lowest BCUT2D eigenvalue weighted by Crippen LogP contribution is -2.21. The Kier molecular flexibility index (Phi) is 4.06. The van der Waals surface area contributed by atoms with Gasteiger partial charge in [0, 0.05) is 20.2 Å². The van der Waals surface area contributed by atoms with E-state index in [1.807, 2.05) is 0 Å². The fourth-order valence-electron chi connectivity index (χ4n) is 1.77. The summed E-state index contributed by atoms with van der Waals surface area (Å²) in [5.74, 6) is 0.485. The summed E-state index contributed by atoms with van der Waals surface area (Å²) in [5, 5.41) is 2.60. The Morgan fingerprint density at radius 3 is 2.52 bits per heavy atom. The third kappa shape index (κ3) is 3.65. The fourth-order valence-corrected chi connectivity index (χ4v) is 1.77. The van der Waals surface area contributed by atoms with E-state index in [1.54, 1.807) is 31.0 Å². The van der Waals surface area contributed by atoms with Gasteiger partial charge in [0.15, 0.2) is 0 Å². The molecule has 0 aromatic carbocycles. The second kappa shape index (κ2) is 5.63. The van der Waals surface area contributed by atoms with Crippen molar-refractivity contribution in [3.63, 3.8) is 0 Å². The second-order valence-electron chi connectivity index (χ2n) is 4.55. The van der Waals surface area contributed by atoms with Gasteiger partial charge in [-0.3, -0.25) is 0 Å². The number of hydrogen-bond acceptors (Lipinski definition) is 5. The van der Waals surface area contributed by atoms with Crippen molar-refractivity contribution in [3.05, 3.63) is 35.5 Å². The highest BCUT2D eigenvalue weighted by molar-refractivity contribution is 5.49. The van der Waals surface area contributed by atoms with Crippen molar-refractivity contribution in [2.24, 2.45) is 0 Å². The average Bonchev–Trinajstić information content (AvgIpc) is 2.82. The standard InChI is InChI=1S/C13H15F3N4O/c1-8-4-5-9(21-8)7-20(3)11-6-10(17-2)18-12(19-11)13(14,15)16/h4-6H,7H2,1-3H3,(H,17,18,19). The van der Waals surface area contributed by atoms with Crippen LogP contribution in [0.1, 0.15) is 17.3 Å². The quantitative estimate of drug-likeness (QED) is 0.940. The monoisotopic (exact) mass is 300 g/mol. The molecule has 0 amide bonds. The number of furan rings is 1. The summed E-state index contributed by atoms with van der Waals surface area (Å²) in [6.45, 7) is 2.11. The van der Waals surface area contributed by atoms with Gasteiger partial charge in [-0.05, 0) is 19.1 Å². The molecule has 0 spiro atoms. The molecule has 0 fully saturated rings. The van der Waals surface area contributed by atoms with Crippen LogP contribution in [0.5, 0.6) is 0 Å². The molecule has 2 aromatic heterocycles. The molecular weight excluding hydrogens is 285 g/mol. The summed E-state index contributed by atoms with van der Waals surface area (Å²) in [7, 11) is 3.14. The van der Waals surface area contributed by atoms with E-state index in [1.165, 1.54) is 13.1 Å². The smallest absolute Gasteiger partial charge is 0.451 e. The second-order valence-corrected chi connectivity index (χ2v) is 4.55. The molecule has 0 unspecified atom stereocenters. The van der Waals surface area contributed by atoms with Gasteiger partial charge in [0.05, 0.1) is 6.54 Å². The van der Waals surface area contributed by atoms with Crippen molar-refractivity contribution in [1.82, 2.24) is 9.97 Å². The van der Waals surface area contributed by atoms with Gasteiger partial charge in [-0.15, -0.1) is 0 Å². The summed E-state index contributed by atoms with van der Waals surface area (Å²) < 4.78 is 43.8. The van der Waals surface area contributed by atoms with Gasteiger partial charge >= 0.3 is 6.18 Å². The van der Waals surface area contributed by atoms with E-state index in [9.17, 15) is 13.2 Å². The lowest BCUT2D eigenvalue weighted by Gasteiger charge is -2.19. The number of aryl methyl sites for hydroxylation is 1. The van der Waals surface area contributed by atoms with E-state index in [2.05, 4.69) is 15.3 Å². The molecule has 0 aliphatic carbocycles. The van der Waals surface area contributed by atoms with Gasteiger partial charge in [0.25, 0.3) is 0 Å². The third-order valence-corrected chi connectivity index (χ3v) is 2.80. The van der Waals surface area contributed by atoms with Gasteiger partial charge < -0.3 is 14.6 Å². The number of anilines is 2. The van der Waals surface area contributed by atoms with Crippen molar-refractivity contribution in [2.75, 3.05) is 24.3 Å². The summed E-state index contributed by atoms with van der Waals surface area (Å²) in [6, 6.07) is 5.02. The Labute approximate surface area is 119 Å². The normalized spacial score (nSPS) is 11.5. The van der Waals surface area contributed by atoms with E-state index >= 15 is 0 Å². The van der Waals surface area contributed by atoms with Crippen LogP contribution in [0.4, 0.5) is 24.8 Å². The lowest BCUT2D eigenvalue weighted by atomic mass is 10.4. The highest BCUT2D eigenvalue weighted by Crippen LogP contribution is 2.29. The fraction of sp³-hybridized carbons (Fsp3) is 0.385. The molecule has 0 radical (unpaired) electrons. The Bertz CT molecular complexity index is 624. The number of hydrogen-bond donors (Lipinski definition) is 1. The number of nitrogens with one attached hydrogen (secondary N) is 1. The van der Waals surface area contributed by atoms with Crippen LogP contribution in [0.2, 0.25) is 0 Å². The number of aromatic nitrogens is 2. The minimum absolute atomic E-state index is 0.106. The molecule has 8 heteroatoms. The largest absolute Gasteiger partial charge is 0.464 e. The predicted molar refractivity (Wildman–Crippen MR) is 72.1 cm³/mol. The number of halogens is 3. The van der Waals surface area contributed by atoms with Crippen molar-refractivity contribution in [2.45, 2.75) is 19.6 Å². The maximum Gasteiger partial charge on any atom is 0.451 e. The third-order valence-electron chi connectivity index (χ3n) is 2.80. The van der Waals surface area contributed by atoms with Gasteiger partial charge in [-0.1, -0.05) is 0 Å². The van der Waals surface area contributed by atoms with E-state index in [4.69, 9.17) is 4.42 Å². The van der Waals surface area contributed by atoms with Crippen LogP contribution in [-0.2, 0) is 12.7 Å². The maximum atomic E-state index is 12.8. The topological polar surface area (TPSA) is 54.2 Å². The van der Waals surface area contributed by atoms with E-state index in [-0.39, 0.29) is 11.6 Å². The molecule has 2 heterocycles. The first-order valence-corrected chi connectivity index (χ1v) is 6.20. The van der Waals surface area contributed by atoms with Crippen LogP contribution in [-0.4, -0.2) is 24.1 Å². The number of alkyl halides is 3. The van der Waals surface area contributed by atoms with Crippen LogP contribution in [0.3, 0.4) is 0 Å². The zero-order chi connectivity index (χ0) is 15.6. The summed E-state index contributed by atoms with van der Waals surface area (Å²) in [5.41, 5.74) is 0. The zero-order valence-corrected chi connectivity index (χ0v) is 11.8. The van der Waals surface area contributed by atoms with Gasteiger partial charge in [-0.2, -0.15) is 13.2 Å². The van der Waals surface area contributed by atoms with E-state index < -0.39 is 12.0 Å². The predicted octanol–water partition coefficient (Wildman–Crippen LogP) is 3.07. The van der Waals surface area contributed by atoms with Crippen LogP contribution >= 0.6 is 0 Å². The molecule has 0 saturated carbocycles. The van der Waals surface area contributed by atoms with E-state index in [0.29, 0.717) is 12.3 Å². The Morgan fingerprint density at radius 2 is 2.00 bits per heavy atom. The SMILES string of the molecule is CNc1cc(N(C)Cc2ccc(C)o2)nc(C(F)(F)F)n1. The minimum atomic E-state index is -4.59. The van der Waals surface area contributed by atoms with Gasteiger partial charge in [-0.25, -0.2) is 9.97 Å². The van der Waals surface area contributed by atoms with Gasteiger partial charge in [0.1, 0.15) is 23.2 Å². The molecular formula is C13H15F3N4O. The summed E-state index contributed by atoms with van der Waals surface area (Å²) in [4.78, 5) is 8.55. The molecule has 1 N–H and O–H groups in total.